The highest BCUT2D eigenvalue weighted by atomic mass is 16.3. The second-order valence-electron chi connectivity index (χ2n) is 6.49. The number of aryl methyl sites for hydroxylation is 1. The van der Waals surface area contributed by atoms with Crippen molar-refractivity contribution in [1.82, 2.24) is 14.5 Å². The van der Waals surface area contributed by atoms with E-state index in [1.54, 1.807) is 29.0 Å². The molecule has 0 saturated heterocycles. The van der Waals surface area contributed by atoms with Gasteiger partial charge in [0.2, 0.25) is 0 Å². The number of nitrogen functional groups attached to an aromatic ring is 1. The number of hydrogen-bond donors (Lipinski definition) is 4. The van der Waals surface area contributed by atoms with Crippen LogP contribution in [0.2, 0.25) is 0 Å². The molecule has 4 rings (SSSR count). The highest BCUT2D eigenvalue weighted by molar-refractivity contribution is 6.01. The van der Waals surface area contributed by atoms with Crippen molar-refractivity contribution < 1.29 is 9.90 Å². The average molecular weight is 404 g/mol. The highest BCUT2D eigenvalue weighted by Gasteiger charge is 2.20. The van der Waals surface area contributed by atoms with E-state index in [9.17, 15) is 9.90 Å². The molecular weight excluding hydrogens is 380 g/mol. The van der Waals surface area contributed by atoms with Crippen molar-refractivity contribution in [1.29, 1.82) is 0 Å². The van der Waals surface area contributed by atoms with Crippen LogP contribution in [-0.4, -0.2) is 33.0 Å². The fourth-order valence-electron chi connectivity index (χ4n) is 3.16. The molecule has 2 aromatic heterocycles. The van der Waals surface area contributed by atoms with E-state index in [4.69, 9.17) is 5.73 Å². The summed E-state index contributed by atoms with van der Waals surface area (Å²) < 4.78 is 1.64. The van der Waals surface area contributed by atoms with Gasteiger partial charge in [0.05, 0.1) is 17.4 Å². The Kier molecular flexibility index (Phi) is 6.29. The van der Waals surface area contributed by atoms with Crippen LogP contribution in [-0.2, 0) is 6.54 Å². The summed E-state index contributed by atoms with van der Waals surface area (Å²) in [6.07, 6.45) is 2.29. The van der Waals surface area contributed by atoms with Gasteiger partial charge in [-0.1, -0.05) is 36.4 Å². The Morgan fingerprint density at radius 2 is 1.90 bits per heavy atom. The number of rotatable bonds is 5. The van der Waals surface area contributed by atoms with Crippen molar-refractivity contribution in [3.05, 3.63) is 71.4 Å². The number of phenols is 1. The molecule has 154 valence electrons. The first-order valence-corrected chi connectivity index (χ1v) is 9.36. The van der Waals surface area contributed by atoms with Crippen LogP contribution in [0.25, 0.3) is 16.9 Å². The summed E-state index contributed by atoms with van der Waals surface area (Å²) in [7, 11) is 1.50. The van der Waals surface area contributed by atoms with E-state index >= 15 is 0 Å². The normalized spacial score (nSPS) is 10.4. The molecule has 2 heterocycles. The molecule has 0 atom stereocenters. The number of carbonyl (C=O) groups excluding carboxylic acids is 1. The molecule has 0 saturated carbocycles. The molecule has 0 bridgehead atoms. The Hall–Kier alpha value is -3.91. The number of benzene rings is 2. The van der Waals surface area contributed by atoms with Gasteiger partial charge >= 0.3 is 0 Å². The Bertz CT molecular complexity index is 1170. The number of nitrogens with zero attached hydrogens (tertiary/aromatic N) is 3. The first-order valence-electron chi connectivity index (χ1n) is 9.36. The minimum Gasteiger partial charge on any atom is -0.508 e. The van der Waals surface area contributed by atoms with Crippen LogP contribution in [0.15, 0.2) is 54.7 Å². The van der Waals surface area contributed by atoms with E-state index < -0.39 is 0 Å². The summed E-state index contributed by atoms with van der Waals surface area (Å²) >= 11 is 0. The molecule has 0 spiro atoms. The monoisotopic (exact) mass is 404 g/mol. The third-order valence-electron chi connectivity index (χ3n) is 4.60. The van der Waals surface area contributed by atoms with Crippen molar-refractivity contribution in [2.45, 2.75) is 13.5 Å². The lowest BCUT2D eigenvalue weighted by atomic mass is 10.2. The average Bonchev–Trinajstić information content (AvgIpc) is 3.06. The third kappa shape index (κ3) is 3.94. The zero-order valence-corrected chi connectivity index (χ0v) is 16.8. The Morgan fingerprint density at radius 3 is 2.60 bits per heavy atom. The zero-order chi connectivity index (χ0) is 21.7. The van der Waals surface area contributed by atoms with E-state index in [-0.39, 0.29) is 17.1 Å². The number of aldehydes is 1. The van der Waals surface area contributed by atoms with Crippen molar-refractivity contribution in [3.63, 3.8) is 0 Å². The zero-order valence-electron chi connectivity index (χ0n) is 16.8. The molecule has 30 heavy (non-hydrogen) atoms. The second kappa shape index (κ2) is 9.06. The highest BCUT2D eigenvalue weighted by Crippen LogP contribution is 2.31. The van der Waals surface area contributed by atoms with Crippen LogP contribution >= 0.6 is 0 Å². The summed E-state index contributed by atoms with van der Waals surface area (Å²) in [5, 5.41) is 13.1. The Morgan fingerprint density at radius 1 is 1.17 bits per heavy atom. The smallest absolute Gasteiger partial charge is 0.165 e. The van der Waals surface area contributed by atoms with E-state index in [0.717, 1.165) is 11.1 Å². The predicted molar refractivity (Wildman–Crippen MR) is 119 cm³/mol. The van der Waals surface area contributed by atoms with Crippen LogP contribution < -0.4 is 16.8 Å². The lowest BCUT2D eigenvalue weighted by Crippen LogP contribution is -2.04. The number of hydrogen-bond acceptors (Lipinski definition) is 7. The maximum atomic E-state index is 11.7. The van der Waals surface area contributed by atoms with Gasteiger partial charge in [0.15, 0.2) is 11.9 Å². The molecule has 0 amide bonds. The summed E-state index contributed by atoms with van der Waals surface area (Å²) in [5.41, 5.74) is 14.5. The van der Waals surface area contributed by atoms with Gasteiger partial charge in [-0.25, -0.2) is 9.97 Å². The van der Waals surface area contributed by atoms with Gasteiger partial charge in [-0.2, -0.15) is 0 Å². The van der Waals surface area contributed by atoms with Gasteiger partial charge in [0, 0.05) is 12.6 Å². The van der Waals surface area contributed by atoms with Crippen LogP contribution in [0, 0.1) is 6.92 Å². The lowest BCUT2D eigenvalue weighted by Gasteiger charge is -2.11. The number of aromatic nitrogens is 3. The van der Waals surface area contributed by atoms with Crippen LogP contribution in [0.5, 0.6) is 5.75 Å². The van der Waals surface area contributed by atoms with Gasteiger partial charge in [0.25, 0.3) is 0 Å². The van der Waals surface area contributed by atoms with Crippen molar-refractivity contribution in [2.75, 3.05) is 18.1 Å². The van der Waals surface area contributed by atoms with E-state index in [0.29, 0.717) is 35.5 Å². The molecule has 2 aromatic carbocycles. The van der Waals surface area contributed by atoms with Crippen molar-refractivity contribution in [2.24, 2.45) is 5.73 Å². The molecule has 8 heteroatoms. The number of nitrogens with one attached hydrogen (secondary N) is 1. The first-order chi connectivity index (χ1) is 14.6. The maximum absolute atomic E-state index is 11.7. The number of anilines is 2. The number of fused-ring (bicyclic) bond motifs is 1. The minimum absolute atomic E-state index is 0.101. The minimum atomic E-state index is 0.101. The van der Waals surface area contributed by atoms with Gasteiger partial charge in [-0.3, -0.25) is 9.36 Å². The maximum Gasteiger partial charge on any atom is 0.165 e. The molecule has 0 aliphatic carbocycles. The quantitative estimate of drug-likeness (QED) is 0.376. The van der Waals surface area contributed by atoms with Gasteiger partial charge in [-0.15, -0.1) is 0 Å². The first kappa shape index (κ1) is 20.8. The Labute approximate surface area is 174 Å². The fourth-order valence-corrected chi connectivity index (χ4v) is 3.16. The topological polar surface area (TPSA) is 132 Å². The van der Waals surface area contributed by atoms with E-state index in [2.05, 4.69) is 21.0 Å². The number of carbonyl (C=O) groups is 1. The van der Waals surface area contributed by atoms with Crippen LogP contribution in [0.3, 0.4) is 0 Å². The molecule has 0 aliphatic heterocycles. The SMILES string of the molecule is CN.Cc1ccc(O)cc1-n1c(N)c(C=O)c2nc(NCc3ccccc3)cnc21. The summed E-state index contributed by atoms with van der Waals surface area (Å²) in [6.45, 7) is 2.48. The molecule has 0 fully saturated rings. The lowest BCUT2D eigenvalue weighted by molar-refractivity contribution is 0.112. The van der Waals surface area contributed by atoms with Gasteiger partial charge in [-0.05, 0) is 31.2 Å². The van der Waals surface area contributed by atoms with Crippen LogP contribution in [0.1, 0.15) is 21.5 Å². The van der Waals surface area contributed by atoms with Crippen LogP contribution in [0.4, 0.5) is 11.6 Å². The van der Waals surface area contributed by atoms with Crippen molar-refractivity contribution in [3.8, 4) is 11.4 Å². The summed E-state index contributed by atoms with van der Waals surface area (Å²) in [5.74, 6) is 0.881. The fraction of sp³-hybridized carbons (Fsp3) is 0.136. The summed E-state index contributed by atoms with van der Waals surface area (Å²) in [4.78, 5) is 20.7. The second-order valence-corrected chi connectivity index (χ2v) is 6.49. The molecule has 8 nitrogen and oxygen atoms in total. The summed E-state index contributed by atoms with van der Waals surface area (Å²) in [6, 6.07) is 14.9. The van der Waals surface area contributed by atoms with Gasteiger partial charge in [0.1, 0.15) is 22.9 Å². The molecule has 4 aromatic rings. The van der Waals surface area contributed by atoms with E-state index in [1.807, 2.05) is 37.3 Å². The van der Waals surface area contributed by atoms with Crippen molar-refractivity contribution >= 4 is 29.1 Å². The molecule has 0 radical (unpaired) electrons. The van der Waals surface area contributed by atoms with E-state index in [1.165, 1.54) is 7.05 Å². The van der Waals surface area contributed by atoms with Gasteiger partial charge < -0.3 is 21.9 Å². The largest absolute Gasteiger partial charge is 0.508 e. The number of phenolic OH excluding ortho intramolecular Hbond substituents is 1. The molecular formula is C22H24N6O2. The molecule has 0 aliphatic rings. The third-order valence-corrected chi connectivity index (χ3v) is 4.60. The molecule has 6 N–H and O–H groups in total. The number of nitrogens with two attached hydrogens (primary N) is 2. The number of aromatic hydroxyl groups is 1. The predicted octanol–water partition coefficient (Wildman–Crippen LogP) is 3.02. The standard InChI is InChI=1S/C21H19N5O2.CH5N/c1-13-7-8-15(28)9-17(13)26-20(22)16(12-27)19-21(26)24-11-18(25-19)23-10-14-5-3-2-4-6-14;1-2/h2-9,11-12,28H,10,22H2,1H3,(H,23,25);2H2,1H3. The Balaban J connectivity index is 0.00000124. The molecule has 0 unspecified atom stereocenters.